The largest absolute Gasteiger partial charge is 0.497 e. The second kappa shape index (κ2) is 10.4. The zero-order chi connectivity index (χ0) is 22.2. The number of ether oxygens (including phenoxy) is 2. The summed E-state index contributed by atoms with van der Waals surface area (Å²) in [7, 11) is 1.58. The summed E-state index contributed by atoms with van der Waals surface area (Å²) >= 11 is 0.894. The van der Waals surface area contributed by atoms with Gasteiger partial charge in [-0.2, -0.15) is 4.37 Å². The molecule has 2 amide bonds. The Bertz CT molecular complexity index is 1070. The molecule has 3 rings (SSSR count). The topological polar surface area (TPSA) is 116 Å². The van der Waals surface area contributed by atoms with Crippen molar-refractivity contribution in [2.75, 3.05) is 19.5 Å². The highest BCUT2D eigenvalue weighted by Crippen LogP contribution is 2.22. The first-order chi connectivity index (χ1) is 15.0. The van der Waals surface area contributed by atoms with Crippen molar-refractivity contribution in [3.63, 3.8) is 0 Å². The van der Waals surface area contributed by atoms with Gasteiger partial charge >= 0.3 is 0 Å². The highest BCUT2D eigenvalue weighted by atomic mass is 32.1. The molecule has 0 aliphatic carbocycles. The molecular weight excluding hydrogens is 416 g/mol. The smallest absolute Gasteiger partial charge is 0.273 e. The van der Waals surface area contributed by atoms with Crippen LogP contribution in [0, 0.1) is 0 Å². The molecule has 0 spiro atoms. The monoisotopic (exact) mass is 440 g/mol. The van der Waals surface area contributed by atoms with Crippen LogP contribution in [0.4, 0.5) is 5.69 Å². The maximum atomic E-state index is 12.5. The molecule has 8 nitrogen and oxygen atoms in total. The maximum Gasteiger partial charge on any atom is 0.273 e. The molecule has 3 aromatic rings. The normalized spacial score (nSPS) is 10.4. The molecule has 4 N–H and O–H groups in total. The van der Waals surface area contributed by atoms with Crippen LogP contribution in [0.2, 0.25) is 0 Å². The van der Waals surface area contributed by atoms with Gasteiger partial charge in [0.05, 0.1) is 19.4 Å². The quantitative estimate of drug-likeness (QED) is 0.471. The number of carbonyl (C=O) groups excluding carboxylic acids is 2. The number of benzene rings is 2. The maximum absolute atomic E-state index is 12.5. The van der Waals surface area contributed by atoms with Crippen LogP contribution in [-0.4, -0.2) is 29.9 Å². The van der Waals surface area contributed by atoms with E-state index in [9.17, 15) is 9.59 Å². The molecule has 0 bridgehead atoms. The number of hydrogen-bond donors (Lipinski definition) is 3. The van der Waals surface area contributed by atoms with Crippen molar-refractivity contribution in [2.24, 2.45) is 0 Å². The van der Waals surface area contributed by atoms with Crippen molar-refractivity contribution < 1.29 is 19.1 Å². The van der Waals surface area contributed by atoms with E-state index in [4.69, 9.17) is 15.2 Å². The molecule has 1 heterocycles. The van der Waals surface area contributed by atoms with Gasteiger partial charge in [-0.3, -0.25) is 9.59 Å². The summed E-state index contributed by atoms with van der Waals surface area (Å²) in [5, 5.41) is 5.56. The standard InChI is InChI=1S/C22H24N4O4S/c1-3-30-17-9-5-7-15(11-17)13-25-22(28)20-18(23)19(26-31-20)21(27)24-12-14-6-4-8-16(10-14)29-2/h4-11H,3,12-13,23H2,1-2H3,(H,24,27)(H,25,28). The zero-order valence-corrected chi connectivity index (χ0v) is 18.1. The van der Waals surface area contributed by atoms with Crippen LogP contribution in [0.1, 0.15) is 38.2 Å². The van der Waals surface area contributed by atoms with Crippen LogP contribution in [0.15, 0.2) is 48.5 Å². The van der Waals surface area contributed by atoms with Gasteiger partial charge in [-0.1, -0.05) is 24.3 Å². The number of rotatable bonds is 9. The molecule has 31 heavy (non-hydrogen) atoms. The van der Waals surface area contributed by atoms with Crippen molar-refractivity contribution in [3.8, 4) is 11.5 Å². The highest BCUT2D eigenvalue weighted by Gasteiger charge is 2.22. The lowest BCUT2D eigenvalue weighted by Crippen LogP contribution is -2.25. The van der Waals surface area contributed by atoms with E-state index in [0.29, 0.717) is 18.9 Å². The lowest BCUT2D eigenvalue weighted by molar-refractivity contribution is 0.0946. The van der Waals surface area contributed by atoms with Crippen LogP contribution < -0.4 is 25.8 Å². The lowest BCUT2D eigenvalue weighted by Gasteiger charge is -2.08. The second-order valence-corrected chi connectivity index (χ2v) is 7.34. The number of nitrogen functional groups attached to an aromatic ring is 1. The minimum atomic E-state index is -0.444. The number of aromatic nitrogens is 1. The molecule has 0 radical (unpaired) electrons. The summed E-state index contributed by atoms with van der Waals surface area (Å²) in [5.41, 5.74) is 7.90. The van der Waals surface area contributed by atoms with Gasteiger partial charge in [-0.15, -0.1) is 0 Å². The SMILES string of the molecule is CCOc1cccc(CNC(=O)c2snc(C(=O)NCc3cccc(OC)c3)c2N)c1. The van der Waals surface area contributed by atoms with Crippen LogP contribution in [0.5, 0.6) is 11.5 Å². The van der Waals surface area contributed by atoms with Crippen LogP contribution >= 0.6 is 11.5 Å². The summed E-state index contributed by atoms with van der Waals surface area (Å²) in [6.07, 6.45) is 0. The molecule has 0 aliphatic rings. The fourth-order valence-electron chi connectivity index (χ4n) is 2.85. The van der Waals surface area contributed by atoms with Crippen molar-refractivity contribution in [1.82, 2.24) is 15.0 Å². The van der Waals surface area contributed by atoms with Crippen molar-refractivity contribution in [2.45, 2.75) is 20.0 Å². The highest BCUT2D eigenvalue weighted by molar-refractivity contribution is 7.09. The molecule has 9 heteroatoms. The van der Waals surface area contributed by atoms with Gasteiger partial charge < -0.3 is 25.8 Å². The summed E-state index contributed by atoms with van der Waals surface area (Å²) in [4.78, 5) is 25.2. The van der Waals surface area contributed by atoms with Gasteiger partial charge in [-0.25, -0.2) is 0 Å². The Morgan fingerprint density at radius 2 is 1.61 bits per heavy atom. The Kier molecular flexibility index (Phi) is 7.45. The number of carbonyl (C=O) groups is 2. The molecule has 1 aromatic heterocycles. The molecule has 2 aromatic carbocycles. The molecule has 0 atom stereocenters. The van der Waals surface area contributed by atoms with E-state index in [0.717, 1.165) is 28.4 Å². The van der Waals surface area contributed by atoms with Crippen molar-refractivity contribution >= 4 is 29.0 Å². The number of anilines is 1. The summed E-state index contributed by atoms with van der Waals surface area (Å²) < 4.78 is 14.7. The van der Waals surface area contributed by atoms with E-state index in [1.807, 2.05) is 55.5 Å². The molecule has 0 fully saturated rings. The third-order valence-corrected chi connectivity index (χ3v) is 5.26. The molecule has 0 unspecified atom stereocenters. The van der Waals surface area contributed by atoms with E-state index < -0.39 is 5.91 Å². The number of hydrogen-bond acceptors (Lipinski definition) is 7. The van der Waals surface area contributed by atoms with Gasteiger partial charge in [0.2, 0.25) is 0 Å². The third kappa shape index (κ3) is 5.73. The summed E-state index contributed by atoms with van der Waals surface area (Å²) in [5.74, 6) is 0.607. The molecule has 0 saturated carbocycles. The van der Waals surface area contributed by atoms with Gasteiger partial charge in [0.25, 0.3) is 11.8 Å². The Balaban J connectivity index is 1.60. The van der Waals surface area contributed by atoms with Crippen molar-refractivity contribution in [1.29, 1.82) is 0 Å². The molecular formula is C22H24N4O4S. The van der Waals surface area contributed by atoms with Gasteiger partial charge in [0.1, 0.15) is 16.4 Å². The fourth-order valence-corrected chi connectivity index (χ4v) is 3.56. The molecule has 0 saturated heterocycles. The molecule has 0 aliphatic heterocycles. The first kappa shape index (κ1) is 22.1. The number of nitrogens with one attached hydrogen (secondary N) is 2. The van der Waals surface area contributed by atoms with E-state index in [1.54, 1.807) is 7.11 Å². The summed E-state index contributed by atoms with van der Waals surface area (Å²) in [6, 6.07) is 14.8. The average Bonchev–Trinajstić information content (AvgIpc) is 3.18. The van der Waals surface area contributed by atoms with E-state index in [-0.39, 0.29) is 28.7 Å². The zero-order valence-electron chi connectivity index (χ0n) is 17.3. The average molecular weight is 441 g/mol. The third-order valence-electron chi connectivity index (χ3n) is 4.40. The van der Waals surface area contributed by atoms with Gasteiger partial charge in [-0.05, 0) is 53.8 Å². The van der Waals surface area contributed by atoms with Crippen molar-refractivity contribution in [3.05, 3.63) is 70.2 Å². The minimum Gasteiger partial charge on any atom is -0.497 e. The summed E-state index contributed by atoms with van der Waals surface area (Å²) in [6.45, 7) is 3.06. The Hall–Kier alpha value is -3.59. The van der Waals surface area contributed by atoms with E-state index >= 15 is 0 Å². The number of nitrogens with zero attached hydrogens (tertiary/aromatic N) is 1. The van der Waals surface area contributed by atoms with Gasteiger partial charge in [0, 0.05) is 13.1 Å². The van der Waals surface area contributed by atoms with Crippen LogP contribution in [0.3, 0.4) is 0 Å². The van der Waals surface area contributed by atoms with Gasteiger partial charge in [0.15, 0.2) is 5.69 Å². The first-order valence-electron chi connectivity index (χ1n) is 9.68. The van der Waals surface area contributed by atoms with E-state index in [1.165, 1.54) is 0 Å². The van der Waals surface area contributed by atoms with Crippen LogP contribution in [-0.2, 0) is 13.1 Å². The number of amides is 2. The predicted octanol–water partition coefficient (Wildman–Crippen LogP) is 2.99. The minimum absolute atomic E-state index is 0.0383. The Labute approximate surface area is 184 Å². The van der Waals surface area contributed by atoms with E-state index in [2.05, 4.69) is 15.0 Å². The Morgan fingerprint density at radius 1 is 1.00 bits per heavy atom. The molecule has 162 valence electrons. The van der Waals surface area contributed by atoms with Crippen LogP contribution in [0.25, 0.3) is 0 Å². The Morgan fingerprint density at radius 3 is 2.26 bits per heavy atom. The first-order valence-corrected chi connectivity index (χ1v) is 10.4. The second-order valence-electron chi connectivity index (χ2n) is 6.57. The number of methoxy groups -OCH3 is 1. The number of nitrogens with two attached hydrogens (primary N) is 1. The predicted molar refractivity (Wildman–Crippen MR) is 119 cm³/mol. The fraction of sp³-hybridized carbons (Fsp3) is 0.227. The lowest BCUT2D eigenvalue weighted by atomic mass is 10.2.